The Labute approximate surface area is 88.5 Å². The molecule has 0 aromatic heterocycles. The number of benzene rings is 1. The van der Waals surface area contributed by atoms with Gasteiger partial charge in [-0.3, -0.25) is 4.99 Å². The van der Waals surface area contributed by atoms with Crippen molar-refractivity contribution in [3.8, 4) is 0 Å². The van der Waals surface area contributed by atoms with Crippen LogP contribution in [-0.2, 0) is 5.41 Å². The summed E-state index contributed by atoms with van der Waals surface area (Å²) in [5.41, 5.74) is 2.67. The Morgan fingerprint density at radius 2 is 2.07 bits per heavy atom. The Hall–Kier alpha value is -1.64. The zero-order valence-corrected chi connectivity index (χ0v) is 9.03. The molecule has 15 heavy (non-hydrogen) atoms. The van der Waals surface area contributed by atoms with Crippen LogP contribution in [-0.4, -0.2) is 16.8 Å². The topological polar surface area (TPSA) is 49.7 Å². The van der Waals surface area contributed by atoms with E-state index < -0.39 is 5.97 Å². The van der Waals surface area contributed by atoms with Crippen molar-refractivity contribution in [3.63, 3.8) is 0 Å². The zero-order valence-electron chi connectivity index (χ0n) is 9.03. The molecule has 0 aliphatic carbocycles. The van der Waals surface area contributed by atoms with Crippen molar-refractivity contribution in [3.05, 3.63) is 29.3 Å². The lowest BCUT2D eigenvalue weighted by Gasteiger charge is -2.21. The van der Waals surface area contributed by atoms with Gasteiger partial charge in [0.15, 0.2) is 0 Å². The van der Waals surface area contributed by atoms with Gasteiger partial charge < -0.3 is 5.11 Å². The first-order valence-corrected chi connectivity index (χ1v) is 4.87. The zero-order chi connectivity index (χ0) is 11.2. The third-order valence-corrected chi connectivity index (χ3v) is 3.09. The molecule has 0 bridgehead atoms. The Morgan fingerprint density at radius 1 is 1.40 bits per heavy atom. The number of aliphatic imine (C=N–C) groups is 1. The molecule has 0 atom stereocenters. The van der Waals surface area contributed by atoms with Crippen molar-refractivity contribution >= 4 is 17.4 Å². The normalized spacial score (nSPS) is 17.1. The first kappa shape index (κ1) is 9.90. The third kappa shape index (κ3) is 1.27. The van der Waals surface area contributed by atoms with Gasteiger partial charge in [-0.15, -0.1) is 0 Å². The van der Waals surface area contributed by atoms with Gasteiger partial charge in [0.2, 0.25) is 0 Å². The van der Waals surface area contributed by atoms with Crippen LogP contribution in [0.3, 0.4) is 0 Å². The maximum atomic E-state index is 11.1. The minimum atomic E-state index is -0.884. The summed E-state index contributed by atoms with van der Waals surface area (Å²) in [6.07, 6.45) is 0. The van der Waals surface area contributed by atoms with Crippen LogP contribution in [0.15, 0.2) is 23.2 Å². The molecule has 0 unspecified atom stereocenters. The summed E-state index contributed by atoms with van der Waals surface area (Å²) in [5, 5.41) is 9.12. The number of fused-ring (bicyclic) bond motifs is 1. The van der Waals surface area contributed by atoms with Gasteiger partial charge in [0.25, 0.3) is 0 Å². The van der Waals surface area contributed by atoms with E-state index in [2.05, 4.69) is 4.99 Å². The van der Waals surface area contributed by atoms with Crippen molar-refractivity contribution in [1.29, 1.82) is 0 Å². The van der Waals surface area contributed by atoms with Crippen LogP contribution in [0.2, 0.25) is 0 Å². The predicted octanol–water partition coefficient (Wildman–Crippen LogP) is 2.77. The van der Waals surface area contributed by atoms with E-state index in [1.807, 2.05) is 26.8 Å². The number of carboxylic acid groups (broad SMARTS) is 1. The van der Waals surface area contributed by atoms with E-state index in [-0.39, 0.29) is 5.41 Å². The standard InChI is InChI=1S/C12H13NO2/c1-7-12(2,3)10-8(11(14)15)5-4-6-9(10)13-7/h4-6H,1-3H3,(H,14,15). The van der Waals surface area contributed by atoms with Crippen LogP contribution in [0.25, 0.3) is 0 Å². The van der Waals surface area contributed by atoms with Crippen molar-refractivity contribution in [2.24, 2.45) is 4.99 Å². The molecule has 1 N–H and O–H groups in total. The second kappa shape index (κ2) is 2.92. The highest BCUT2D eigenvalue weighted by Crippen LogP contribution is 2.41. The summed E-state index contributed by atoms with van der Waals surface area (Å²) in [4.78, 5) is 15.5. The average molecular weight is 203 g/mol. The van der Waals surface area contributed by atoms with Gasteiger partial charge in [0.05, 0.1) is 11.3 Å². The minimum absolute atomic E-state index is 0.273. The molecule has 78 valence electrons. The molecule has 0 amide bonds. The molecular formula is C12H13NO2. The quantitative estimate of drug-likeness (QED) is 0.762. The molecule has 0 saturated carbocycles. The average Bonchev–Trinajstić information content (AvgIpc) is 2.38. The monoisotopic (exact) mass is 203 g/mol. The number of carboxylic acids is 1. The second-order valence-corrected chi connectivity index (χ2v) is 4.33. The summed E-state index contributed by atoms with van der Waals surface area (Å²) >= 11 is 0. The van der Waals surface area contributed by atoms with Gasteiger partial charge in [-0.05, 0) is 19.1 Å². The Balaban J connectivity index is 2.73. The molecule has 1 heterocycles. The first-order valence-electron chi connectivity index (χ1n) is 4.87. The molecule has 1 aromatic rings. The van der Waals surface area contributed by atoms with Crippen LogP contribution in [0.4, 0.5) is 5.69 Å². The molecule has 3 heteroatoms. The first-order chi connectivity index (χ1) is 6.94. The van der Waals surface area contributed by atoms with Gasteiger partial charge in [-0.1, -0.05) is 19.9 Å². The van der Waals surface area contributed by atoms with Crippen molar-refractivity contribution in [2.45, 2.75) is 26.2 Å². The van der Waals surface area contributed by atoms with Crippen LogP contribution < -0.4 is 0 Å². The van der Waals surface area contributed by atoms with Crippen LogP contribution in [0.5, 0.6) is 0 Å². The fourth-order valence-corrected chi connectivity index (χ4v) is 1.97. The number of nitrogens with zero attached hydrogens (tertiary/aromatic N) is 1. The number of carbonyl (C=O) groups is 1. The van der Waals surface area contributed by atoms with Crippen LogP contribution in [0, 0.1) is 0 Å². The van der Waals surface area contributed by atoms with Crippen molar-refractivity contribution in [2.75, 3.05) is 0 Å². The highest BCUT2D eigenvalue weighted by molar-refractivity contribution is 6.04. The molecule has 1 aromatic carbocycles. The van der Waals surface area contributed by atoms with Gasteiger partial charge in [-0.2, -0.15) is 0 Å². The SMILES string of the molecule is CC1=Nc2cccc(C(=O)O)c2C1(C)C. The van der Waals surface area contributed by atoms with Gasteiger partial charge >= 0.3 is 5.97 Å². The third-order valence-electron chi connectivity index (χ3n) is 3.09. The molecule has 0 radical (unpaired) electrons. The molecule has 0 saturated heterocycles. The molecule has 3 nitrogen and oxygen atoms in total. The summed E-state index contributed by atoms with van der Waals surface area (Å²) in [6, 6.07) is 5.23. The van der Waals surface area contributed by atoms with E-state index in [4.69, 9.17) is 5.11 Å². The van der Waals surface area contributed by atoms with Crippen molar-refractivity contribution in [1.82, 2.24) is 0 Å². The maximum absolute atomic E-state index is 11.1. The minimum Gasteiger partial charge on any atom is -0.478 e. The molecular weight excluding hydrogens is 190 g/mol. The lowest BCUT2D eigenvalue weighted by atomic mass is 9.80. The Bertz CT molecular complexity index is 473. The van der Waals surface area contributed by atoms with Crippen LogP contribution >= 0.6 is 0 Å². The van der Waals surface area contributed by atoms with Gasteiger partial charge in [0.1, 0.15) is 0 Å². The fourth-order valence-electron chi connectivity index (χ4n) is 1.97. The number of rotatable bonds is 1. The van der Waals surface area contributed by atoms with E-state index in [9.17, 15) is 4.79 Å². The number of hydrogen-bond acceptors (Lipinski definition) is 2. The molecule has 0 fully saturated rings. The van der Waals surface area contributed by atoms with E-state index in [1.54, 1.807) is 12.1 Å². The number of hydrogen-bond donors (Lipinski definition) is 1. The highest BCUT2D eigenvalue weighted by atomic mass is 16.4. The largest absolute Gasteiger partial charge is 0.478 e. The lowest BCUT2D eigenvalue weighted by molar-refractivity contribution is 0.0695. The smallest absolute Gasteiger partial charge is 0.336 e. The Kier molecular flexibility index (Phi) is 1.93. The van der Waals surface area contributed by atoms with E-state index in [1.165, 1.54) is 0 Å². The van der Waals surface area contributed by atoms with E-state index in [0.29, 0.717) is 5.56 Å². The van der Waals surface area contributed by atoms with E-state index in [0.717, 1.165) is 17.0 Å². The number of aromatic carboxylic acids is 1. The van der Waals surface area contributed by atoms with Crippen molar-refractivity contribution < 1.29 is 9.90 Å². The highest BCUT2D eigenvalue weighted by Gasteiger charge is 2.35. The Morgan fingerprint density at radius 3 is 2.67 bits per heavy atom. The summed E-state index contributed by atoms with van der Waals surface area (Å²) in [5.74, 6) is -0.884. The predicted molar refractivity (Wildman–Crippen MR) is 59.2 cm³/mol. The van der Waals surface area contributed by atoms with Gasteiger partial charge in [-0.25, -0.2) is 4.79 Å². The maximum Gasteiger partial charge on any atom is 0.336 e. The molecule has 1 aliphatic rings. The molecule has 0 spiro atoms. The van der Waals surface area contributed by atoms with E-state index >= 15 is 0 Å². The second-order valence-electron chi connectivity index (χ2n) is 4.33. The summed E-state index contributed by atoms with van der Waals surface area (Å²) in [6.45, 7) is 5.94. The van der Waals surface area contributed by atoms with Crippen LogP contribution in [0.1, 0.15) is 36.7 Å². The molecule has 1 aliphatic heterocycles. The fraction of sp³-hybridized carbons (Fsp3) is 0.333. The van der Waals surface area contributed by atoms with Gasteiger partial charge in [0, 0.05) is 16.7 Å². The molecule has 2 rings (SSSR count). The summed E-state index contributed by atoms with van der Waals surface area (Å²) < 4.78 is 0. The summed E-state index contributed by atoms with van der Waals surface area (Å²) in [7, 11) is 0. The lowest BCUT2D eigenvalue weighted by Crippen LogP contribution is -2.25.